The summed E-state index contributed by atoms with van der Waals surface area (Å²) in [6.07, 6.45) is 0.879. The third-order valence-corrected chi connectivity index (χ3v) is 2.39. The Morgan fingerprint density at radius 3 is 2.92 bits per heavy atom. The van der Waals surface area contributed by atoms with Crippen LogP contribution in [0.15, 0.2) is 0 Å². The van der Waals surface area contributed by atoms with Crippen molar-refractivity contribution in [2.75, 3.05) is 5.73 Å². The zero-order valence-corrected chi connectivity index (χ0v) is 8.38. The molecule has 0 aromatic carbocycles. The van der Waals surface area contributed by atoms with E-state index in [4.69, 9.17) is 5.73 Å². The molecular weight excluding hydrogens is 186 g/mol. The van der Waals surface area contributed by atoms with Crippen LogP contribution in [0.3, 0.4) is 0 Å². The maximum Gasteiger partial charge on any atom is 0.236 e. The lowest BCUT2D eigenvalue weighted by atomic mass is 10.1. The van der Waals surface area contributed by atoms with Crippen LogP contribution in [-0.2, 0) is 6.42 Å². The largest absolute Gasteiger partial charge is 0.374 e. The third-order valence-electron chi connectivity index (χ3n) is 1.66. The molecule has 0 radical (unpaired) electrons. The van der Waals surface area contributed by atoms with E-state index in [1.165, 1.54) is 11.3 Å². The average molecular weight is 197 g/mol. The summed E-state index contributed by atoms with van der Waals surface area (Å²) < 4.78 is 1.72. The first kappa shape index (κ1) is 8.43. The Labute approximate surface area is 79.6 Å². The van der Waals surface area contributed by atoms with Gasteiger partial charge in [0.15, 0.2) is 5.82 Å². The molecule has 70 valence electrons. The maximum atomic E-state index is 5.55. The van der Waals surface area contributed by atoms with Crippen molar-refractivity contribution in [1.82, 2.24) is 19.8 Å². The molecular formula is C7H11N5S. The van der Waals surface area contributed by atoms with Gasteiger partial charge in [-0.1, -0.05) is 25.2 Å². The fraction of sp³-hybridized carbons (Fsp3) is 0.571. The molecule has 0 fully saturated rings. The lowest BCUT2D eigenvalue weighted by molar-refractivity contribution is 0.607. The van der Waals surface area contributed by atoms with Crippen molar-refractivity contribution in [1.29, 1.82) is 0 Å². The van der Waals surface area contributed by atoms with Crippen LogP contribution >= 0.6 is 11.3 Å². The van der Waals surface area contributed by atoms with Crippen molar-refractivity contribution < 1.29 is 0 Å². The Hall–Kier alpha value is -1.17. The topological polar surface area (TPSA) is 69.1 Å². The van der Waals surface area contributed by atoms with Crippen molar-refractivity contribution in [3.05, 3.63) is 5.82 Å². The van der Waals surface area contributed by atoms with Crippen LogP contribution in [0.4, 0.5) is 5.13 Å². The summed E-state index contributed by atoms with van der Waals surface area (Å²) >= 11 is 1.36. The highest BCUT2D eigenvalue weighted by Gasteiger charge is 2.10. The van der Waals surface area contributed by atoms with Gasteiger partial charge in [-0.3, -0.25) is 0 Å². The number of nitrogens with zero attached hydrogens (tertiary/aromatic N) is 4. The highest BCUT2D eigenvalue weighted by atomic mass is 32.1. The van der Waals surface area contributed by atoms with Crippen LogP contribution in [0.5, 0.6) is 0 Å². The summed E-state index contributed by atoms with van der Waals surface area (Å²) in [5, 5.41) is 12.7. The summed E-state index contributed by atoms with van der Waals surface area (Å²) in [6.45, 7) is 4.27. The number of fused-ring (bicyclic) bond motifs is 1. The number of anilines is 1. The fourth-order valence-corrected chi connectivity index (χ4v) is 1.79. The van der Waals surface area contributed by atoms with Gasteiger partial charge in [-0.15, -0.1) is 15.3 Å². The molecule has 2 aromatic heterocycles. The predicted octanol–water partition coefficient (Wildman–Crippen LogP) is 0.967. The van der Waals surface area contributed by atoms with Crippen molar-refractivity contribution in [2.45, 2.75) is 20.3 Å². The van der Waals surface area contributed by atoms with E-state index in [1.54, 1.807) is 4.52 Å². The molecule has 0 bridgehead atoms. The van der Waals surface area contributed by atoms with Crippen LogP contribution < -0.4 is 5.73 Å². The summed E-state index contributed by atoms with van der Waals surface area (Å²) in [4.78, 5) is 0.771. The van der Waals surface area contributed by atoms with Crippen LogP contribution in [0, 0.1) is 5.92 Å². The molecule has 0 unspecified atom stereocenters. The number of hydrogen-bond acceptors (Lipinski definition) is 5. The minimum atomic E-state index is 0.537. The average Bonchev–Trinajstić information content (AvgIpc) is 2.51. The van der Waals surface area contributed by atoms with Gasteiger partial charge >= 0.3 is 0 Å². The predicted molar refractivity (Wildman–Crippen MR) is 51.6 cm³/mol. The quantitative estimate of drug-likeness (QED) is 0.778. The summed E-state index contributed by atoms with van der Waals surface area (Å²) in [6, 6.07) is 0. The highest BCUT2D eigenvalue weighted by Crippen LogP contribution is 2.16. The van der Waals surface area contributed by atoms with E-state index < -0.39 is 0 Å². The molecule has 0 saturated heterocycles. The van der Waals surface area contributed by atoms with Crippen molar-refractivity contribution >= 4 is 21.4 Å². The van der Waals surface area contributed by atoms with E-state index in [0.717, 1.165) is 17.2 Å². The molecule has 0 amide bonds. The van der Waals surface area contributed by atoms with Gasteiger partial charge in [0.25, 0.3) is 0 Å². The number of nitrogens with two attached hydrogens (primary N) is 1. The Bertz CT molecular complexity index is 415. The van der Waals surface area contributed by atoms with Crippen LogP contribution in [0.1, 0.15) is 19.7 Å². The third kappa shape index (κ3) is 1.49. The van der Waals surface area contributed by atoms with Gasteiger partial charge < -0.3 is 5.73 Å². The zero-order chi connectivity index (χ0) is 9.42. The van der Waals surface area contributed by atoms with E-state index in [-0.39, 0.29) is 0 Å². The lowest BCUT2D eigenvalue weighted by Gasteiger charge is -1.98. The van der Waals surface area contributed by atoms with Gasteiger partial charge in [-0.2, -0.15) is 4.52 Å². The minimum Gasteiger partial charge on any atom is -0.374 e. The van der Waals surface area contributed by atoms with Crippen LogP contribution in [0.2, 0.25) is 0 Å². The number of nitrogen functional groups attached to an aromatic ring is 1. The summed E-state index contributed by atoms with van der Waals surface area (Å²) in [7, 11) is 0. The molecule has 13 heavy (non-hydrogen) atoms. The molecule has 0 aliphatic rings. The minimum absolute atomic E-state index is 0.537. The second kappa shape index (κ2) is 2.95. The van der Waals surface area contributed by atoms with Gasteiger partial charge in [0.05, 0.1) is 0 Å². The summed E-state index contributed by atoms with van der Waals surface area (Å²) in [5.41, 5.74) is 5.55. The second-order valence-corrected chi connectivity index (χ2v) is 4.34. The van der Waals surface area contributed by atoms with Gasteiger partial charge in [-0.25, -0.2) is 0 Å². The molecule has 5 nitrogen and oxygen atoms in total. The molecule has 0 saturated carbocycles. The highest BCUT2D eigenvalue weighted by molar-refractivity contribution is 7.20. The van der Waals surface area contributed by atoms with E-state index in [0.29, 0.717) is 11.0 Å². The normalized spacial score (nSPS) is 11.6. The summed E-state index contributed by atoms with van der Waals surface area (Å²) in [5.74, 6) is 1.44. The van der Waals surface area contributed by atoms with Crippen molar-refractivity contribution in [3.63, 3.8) is 0 Å². The zero-order valence-electron chi connectivity index (χ0n) is 7.56. The van der Waals surface area contributed by atoms with E-state index in [2.05, 4.69) is 29.1 Å². The molecule has 2 rings (SSSR count). The van der Waals surface area contributed by atoms with Crippen LogP contribution in [0.25, 0.3) is 4.96 Å². The van der Waals surface area contributed by atoms with Crippen molar-refractivity contribution in [3.8, 4) is 0 Å². The number of hydrogen-bond donors (Lipinski definition) is 1. The molecule has 2 N–H and O–H groups in total. The second-order valence-electron chi connectivity index (χ2n) is 3.35. The Morgan fingerprint density at radius 2 is 2.23 bits per heavy atom. The van der Waals surface area contributed by atoms with Crippen molar-refractivity contribution in [2.24, 2.45) is 5.92 Å². The number of rotatable bonds is 2. The fourth-order valence-electron chi connectivity index (χ4n) is 1.16. The molecule has 6 heteroatoms. The Morgan fingerprint density at radius 1 is 1.46 bits per heavy atom. The Kier molecular flexibility index (Phi) is 1.91. The monoisotopic (exact) mass is 197 g/mol. The Balaban J connectivity index is 2.44. The molecule has 0 atom stereocenters. The van der Waals surface area contributed by atoms with Gasteiger partial charge in [0.1, 0.15) is 0 Å². The molecule has 2 heterocycles. The maximum absolute atomic E-state index is 5.55. The van der Waals surface area contributed by atoms with Gasteiger partial charge in [0, 0.05) is 6.42 Å². The lowest BCUT2D eigenvalue weighted by Crippen LogP contribution is -2.01. The first-order valence-corrected chi connectivity index (χ1v) is 4.95. The molecule has 0 spiro atoms. The molecule has 0 aliphatic heterocycles. The van der Waals surface area contributed by atoms with Gasteiger partial charge in [-0.05, 0) is 5.92 Å². The molecule has 2 aromatic rings. The first-order chi connectivity index (χ1) is 6.16. The molecule has 0 aliphatic carbocycles. The van der Waals surface area contributed by atoms with E-state index in [9.17, 15) is 0 Å². The van der Waals surface area contributed by atoms with E-state index in [1.807, 2.05) is 0 Å². The number of aromatic nitrogens is 4. The smallest absolute Gasteiger partial charge is 0.236 e. The van der Waals surface area contributed by atoms with E-state index >= 15 is 0 Å². The standard InChI is InChI=1S/C7H11N5S/c1-4(2)3-5-9-10-7-12(5)11-6(8)13-7/h4H,3H2,1-2H3,(H2,8,11). The first-order valence-electron chi connectivity index (χ1n) is 4.13. The SMILES string of the molecule is CC(C)Cc1nnc2sc(N)nn12. The van der Waals surface area contributed by atoms with Gasteiger partial charge in [0.2, 0.25) is 10.1 Å². The van der Waals surface area contributed by atoms with Crippen LogP contribution in [-0.4, -0.2) is 19.8 Å².